The highest BCUT2D eigenvalue weighted by atomic mass is 16.2. The highest BCUT2D eigenvalue weighted by Gasteiger charge is 2.00. The van der Waals surface area contributed by atoms with Crippen molar-refractivity contribution in [1.29, 1.82) is 0 Å². The normalized spacial score (nSPS) is 10.8. The number of amides is 2. The van der Waals surface area contributed by atoms with Crippen LogP contribution in [0.1, 0.15) is 6.92 Å². The molecule has 0 bridgehead atoms. The number of hydrogen-bond acceptors (Lipinski definition) is 3. The quantitative estimate of drug-likeness (QED) is 0.269. The number of anilines is 1. The van der Waals surface area contributed by atoms with E-state index in [1.54, 1.807) is 19.1 Å². The van der Waals surface area contributed by atoms with Crippen LogP contribution in [0.4, 0.5) is 10.5 Å². The molecule has 0 aliphatic carbocycles. The summed E-state index contributed by atoms with van der Waals surface area (Å²) in [6.07, 6.45) is 0. The van der Waals surface area contributed by atoms with E-state index < -0.39 is 0 Å². The van der Waals surface area contributed by atoms with Crippen LogP contribution >= 0.6 is 0 Å². The van der Waals surface area contributed by atoms with Crippen LogP contribution in [0.25, 0.3) is 0 Å². The molecule has 0 heterocycles. The number of benzene rings is 1. The molecular weight excluding hydrogens is 180 g/mol. The molecule has 74 valence electrons. The van der Waals surface area contributed by atoms with E-state index in [4.69, 9.17) is 5.84 Å². The summed E-state index contributed by atoms with van der Waals surface area (Å²) in [4.78, 5) is 11.2. The van der Waals surface area contributed by atoms with Crippen molar-refractivity contribution in [2.45, 2.75) is 6.92 Å². The predicted molar refractivity (Wildman–Crippen MR) is 55.9 cm³/mol. The lowest BCUT2D eigenvalue weighted by atomic mass is 10.3. The van der Waals surface area contributed by atoms with Crippen LogP contribution in [-0.4, -0.2) is 11.9 Å². The Balaban J connectivity index is 2.50. The van der Waals surface area contributed by atoms with Gasteiger partial charge in [0.15, 0.2) is 0 Å². The zero-order valence-corrected chi connectivity index (χ0v) is 7.82. The Labute approximate surface area is 82.0 Å². The summed E-state index contributed by atoms with van der Waals surface area (Å²) in [5.41, 5.74) is 0.717. The largest absolute Gasteiger partial charge is 0.324 e. The van der Waals surface area contributed by atoms with Gasteiger partial charge in [-0.1, -0.05) is 18.2 Å². The molecule has 2 amide bonds. The smallest absolute Gasteiger partial charge is 0.322 e. The van der Waals surface area contributed by atoms with Gasteiger partial charge < -0.3 is 11.2 Å². The van der Waals surface area contributed by atoms with Crippen molar-refractivity contribution in [2.75, 3.05) is 5.32 Å². The molecular formula is C9H12N4O. The van der Waals surface area contributed by atoms with E-state index in [1.807, 2.05) is 18.2 Å². The van der Waals surface area contributed by atoms with Crippen LogP contribution in [0.3, 0.4) is 0 Å². The Morgan fingerprint density at radius 1 is 1.36 bits per heavy atom. The van der Waals surface area contributed by atoms with E-state index in [0.29, 0.717) is 5.84 Å². The van der Waals surface area contributed by atoms with Gasteiger partial charge in [0.05, 0.1) is 0 Å². The van der Waals surface area contributed by atoms with Crippen molar-refractivity contribution in [1.82, 2.24) is 5.32 Å². The van der Waals surface area contributed by atoms with Gasteiger partial charge >= 0.3 is 6.03 Å². The fourth-order valence-electron chi connectivity index (χ4n) is 0.880. The number of nitrogens with one attached hydrogen (secondary N) is 2. The first-order valence-corrected chi connectivity index (χ1v) is 4.10. The fraction of sp³-hybridized carbons (Fsp3) is 0.111. The zero-order valence-electron chi connectivity index (χ0n) is 7.82. The molecule has 5 heteroatoms. The van der Waals surface area contributed by atoms with Gasteiger partial charge in [-0.05, 0) is 19.1 Å². The predicted octanol–water partition coefficient (Wildman–Crippen LogP) is 1.10. The van der Waals surface area contributed by atoms with E-state index in [0.717, 1.165) is 5.69 Å². The van der Waals surface area contributed by atoms with Crippen LogP contribution in [-0.2, 0) is 0 Å². The SMILES string of the molecule is C/C(=N\N)NC(=O)Nc1ccccc1. The summed E-state index contributed by atoms with van der Waals surface area (Å²) in [6, 6.07) is 8.75. The minimum atomic E-state index is -0.358. The zero-order chi connectivity index (χ0) is 10.4. The minimum absolute atomic E-state index is 0.358. The van der Waals surface area contributed by atoms with Crippen LogP contribution < -0.4 is 16.5 Å². The van der Waals surface area contributed by atoms with Crippen molar-refractivity contribution in [3.8, 4) is 0 Å². The number of nitrogens with zero attached hydrogens (tertiary/aromatic N) is 1. The maximum Gasteiger partial charge on any atom is 0.324 e. The van der Waals surface area contributed by atoms with Crippen LogP contribution in [0.2, 0.25) is 0 Å². The van der Waals surface area contributed by atoms with Gasteiger partial charge in [0, 0.05) is 5.69 Å². The Kier molecular flexibility index (Phi) is 3.49. The van der Waals surface area contributed by atoms with Gasteiger partial charge in [0.2, 0.25) is 0 Å². The van der Waals surface area contributed by atoms with Crippen LogP contribution in [0.15, 0.2) is 35.4 Å². The van der Waals surface area contributed by atoms with Gasteiger partial charge in [-0.25, -0.2) is 4.79 Å². The molecule has 0 fully saturated rings. The number of rotatable bonds is 1. The molecule has 4 N–H and O–H groups in total. The molecule has 5 nitrogen and oxygen atoms in total. The fourth-order valence-corrected chi connectivity index (χ4v) is 0.880. The van der Waals surface area contributed by atoms with Gasteiger partial charge in [0.1, 0.15) is 5.84 Å². The Hall–Kier alpha value is -2.04. The Morgan fingerprint density at radius 3 is 2.57 bits per heavy atom. The lowest BCUT2D eigenvalue weighted by molar-refractivity contribution is 0.256. The van der Waals surface area contributed by atoms with Gasteiger partial charge in [-0.2, -0.15) is 5.10 Å². The second-order valence-corrected chi connectivity index (χ2v) is 2.66. The van der Waals surface area contributed by atoms with Gasteiger partial charge in [0.25, 0.3) is 0 Å². The van der Waals surface area contributed by atoms with Crippen molar-refractivity contribution in [3.63, 3.8) is 0 Å². The van der Waals surface area contributed by atoms with E-state index in [9.17, 15) is 4.79 Å². The molecule has 0 radical (unpaired) electrons. The Morgan fingerprint density at radius 2 is 2.00 bits per heavy atom. The van der Waals surface area contributed by atoms with E-state index in [-0.39, 0.29) is 6.03 Å². The molecule has 1 rings (SSSR count). The number of amidine groups is 1. The molecule has 1 aromatic carbocycles. The van der Waals surface area contributed by atoms with Crippen LogP contribution in [0.5, 0.6) is 0 Å². The molecule has 0 spiro atoms. The average molecular weight is 192 g/mol. The molecule has 0 saturated heterocycles. The standard InChI is InChI=1S/C9H12N4O/c1-7(13-10)11-9(14)12-8-5-3-2-4-6-8/h2-6H,10H2,1H3,(H2,11,12,13,14). The maximum absolute atomic E-state index is 11.2. The third-order valence-electron chi connectivity index (χ3n) is 1.52. The maximum atomic E-state index is 11.2. The number of hydrogen-bond donors (Lipinski definition) is 3. The molecule has 0 saturated carbocycles. The number of para-hydroxylation sites is 1. The molecule has 14 heavy (non-hydrogen) atoms. The summed E-state index contributed by atoms with van der Waals surface area (Å²) in [5.74, 6) is 5.32. The van der Waals surface area contributed by atoms with Gasteiger partial charge in [-0.15, -0.1) is 0 Å². The third kappa shape index (κ3) is 3.14. The molecule has 0 aromatic heterocycles. The monoisotopic (exact) mass is 192 g/mol. The summed E-state index contributed by atoms with van der Waals surface area (Å²) < 4.78 is 0. The molecule has 1 aromatic rings. The lowest BCUT2D eigenvalue weighted by Crippen LogP contribution is -2.33. The van der Waals surface area contributed by atoms with Crippen molar-refractivity contribution in [2.24, 2.45) is 10.9 Å². The topological polar surface area (TPSA) is 79.5 Å². The average Bonchev–Trinajstić information content (AvgIpc) is 2.19. The molecule has 0 aliphatic heterocycles. The number of nitrogens with two attached hydrogens (primary N) is 1. The number of hydrazone groups is 1. The molecule has 0 unspecified atom stereocenters. The first-order chi connectivity index (χ1) is 6.72. The number of urea groups is 1. The van der Waals surface area contributed by atoms with E-state index in [1.165, 1.54) is 0 Å². The minimum Gasteiger partial charge on any atom is -0.322 e. The second-order valence-electron chi connectivity index (χ2n) is 2.66. The Bertz CT molecular complexity index is 334. The molecule has 0 atom stereocenters. The van der Waals surface area contributed by atoms with E-state index >= 15 is 0 Å². The van der Waals surface area contributed by atoms with Gasteiger partial charge in [-0.3, -0.25) is 5.32 Å². The highest BCUT2D eigenvalue weighted by Crippen LogP contribution is 2.03. The summed E-state index contributed by atoms with van der Waals surface area (Å²) in [6.45, 7) is 1.60. The third-order valence-corrected chi connectivity index (χ3v) is 1.52. The number of carbonyl (C=O) groups is 1. The van der Waals surface area contributed by atoms with Crippen molar-refractivity contribution >= 4 is 17.6 Å². The summed E-state index contributed by atoms with van der Waals surface area (Å²) in [5, 5.41) is 8.39. The van der Waals surface area contributed by atoms with Crippen molar-refractivity contribution < 1.29 is 4.79 Å². The molecule has 0 aliphatic rings. The van der Waals surface area contributed by atoms with Crippen LogP contribution in [0, 0.1) is 0 Å². The van der Waals surface area contributed by atoms with Crippen molar-refractivity contribution in [3.05, 3.63) is 30.3 Å². The summed E-state index contributed by atoms with van der Waals surface area (Å²) >= 11 is 0. The first-order valence-electron chi connectivity index (χ1n) is 4.10. The lowest BCUT2D eigenvalue weighted by Gasteiger charge is -2.05. The second kappa shape index (κ2) is 4.86. The highest BCUT2D eigenvalue weighted by molar-refractivity contribution is 6.02. The first kappa shape index (κ1) is 10.0. The summed E-state index contributed by atoms with van der Waals surface area (Å²) in [7, 11) is 0. The van der Waals surface area contributed by atoms with E-state index in [2.05, 4.69) is 15.7 Å². The number of carbonyl (C=O) groups excluding carboxylic acids is 1.